The third-order valence-corrected chi connectivity index (χ3v) is 6.45. The molecule has 0 radical (unpaired) electrons. The molecule has 1 aromatic heterocycles. The van der Waals surface area contributed by atoms with E-state index < -0.39 is 14.9 Å². The van der Waals surface area contributed by atoms with Gasteiger partial charge < -0.3 is 9.88 Å². The summed E-state index contributed by atoms with van der Waals surface area (Å²) in [6, 6.07) is 12.1. The number of non-ortho nitro benzene ring substituents is 1. The normalized spacial score (nSPS) is 13.1. The number of rotatable bonds is 8. The zero-order valence-electron chi connectivity index (χ0n) is 16.5. The lowest BCUT2D eigenvalue weighted by Crippen LogP contribution is -2.34. The van der Waals surface area contributed by atoms with Gasteiger partial charge in [-0.2, -0.15) is 0 Å². The van der Waals surface area contributed by atoms with Gasteiger partial charge in [0.2, 0.25) is 10.0 Å². The number of aromatic amines is 1. The van der Waals surface area contributed by atoms with E-state index in [1.54, 1.807) is 0 Å². The number of aryl methyl sites for hydroxylation is 1. The number of sulfonamides is 1. The number of benzene rings is 2. The van der Waals surface area contributed by atoms with Crippen LogP contribution >= 0.6 is 0 Å². The third-order valence-electron chi connectivity index (χ3n) is 4.99. The van der Waals surface area contributed by atoms with Crippen molar-refractivity contribution in [3.05, 3.63) is 69.9 Å². The number of nitro benzene ring substituents is 1. The Morgan fingerprint density at radius 3 is 2.45 bits per heavy atom. The summed E-state index contributed by atoms with van der Waals surface area (Å²) in [5, 5.41) is 11.3. The first-order valence-corrected chi connectivity index (χ1v) is 10.7. The molecule has 0 bridgehead atoms. The van der Waals surface area contributed by atoms with Crippen molar-refractivity contribution >= 4 is 26.6 Å². The van der Waals surface area contributed by atoms with Gasteiger partial charge in [0.25, 0.3) is 5.69 Å². The Morgan fingerprint density at radius 1 is 1.17 bits per heavy atom. The lowest BCUT2D eigenvalue weighted by atomic mass is 10.0. The molecule has 9 heteroatoms. The van der Waals surface area contributed by atoms with Gasteiger partial charge >= 0.3 is 0 Å². The average Bonchev–Trinajstić information content (AvgIpc) is 3.12. The summed E-state index contributed by atoms with van der Waals surface area (Å²) in [6.45, 7) is 2.28. The van der Waals surface area contributed by atoms with E-state index >= 15 is 0 Å². The fraction of sp³-hybridized carbons (Fsp3) is 0.300. The molecule has 8 nitrogen and oxygen atoms in total. The molecular weight excluding hydrogens is 392 g/mol. The van der Waals surface area contributed by atoms with E-state index in [0.29, 0.717) is 10.9 Å². The van der Waals surface area contributed by atoms with E-state index in [0.717, 1.165) is 12.0 Å². The van der Waals surface area contributed by atoms with Gasteiger partial charge in [0, 0.05) is 36.3 Å². The molecule has 0 fully saturated rings. The Hall–Kier alpha value is -2.75. The number of aromatic nitrogens is 1. The molecule has 0 aliphatic rings. The number of hydrogen-bond acceptors (Lipinski definition) is 5. The summed E-state index contributed by atoms with van der Waals surface area (Å²) < 4.78 is 28.5. The molecule has 0 spiro atoms. The van der Waals surface area contributed by atoms with Crippen LogP contribution in [-0.2, 0) is 16.4 Å². The van der Waals surface area contributed by atoms with Crippen LogP contribution in [0.4, 0.5) is 5.69 Å². The van der Waals surface area contributed by atoms with E-state index in [-0.39, 0.29) is 23.2 Å². The Labute approximate surface area is 169 Å². The summed E-state index contributed by atoms with van der Waals surface area (Å²) in [7, 11) is -0.00318. The lowest BCUT2D eigenvalue weighted by Gasteiger charge is -2.25. The van der Waals surface area contributed by atoms with Gasteiger partial charge in [-0.1, -0.05) is 31.2 Å². The zero-order valence-corrected chi connectivity index (χ0v) is 17.4. The quantitative estimate of drug-likeness (QED) is 0.433. The molecule has 1 atom stereocenters. The van der Waals surface area contributed by atoms with E-state index in [2.05, 4.69) is 16.6 Å². The second-order valence-electron chi connectivity index (χ2n) is 7.07. The van der Waals surface area contributed by atoms with Gasteiger partial charge in [0.15, 0.2) is 0 Å². The van der Waals surface area contributed by atoms with Crippen LogP contribution < -0.4 is 4.72 Å². The Morgan fingerprint density at radius 2 is 1.86 bits per heavy atom. The molecule has 0 unspecified atom stereocenters. The third kappa shape index (κ3) is 4.47. The molecule has 0 aliphatic heterocycles. The van der Waals surface area contributed by atoms with Crippen molar-refractivity contribution in [2.24, 2.45) is 0 Å². The summed E-state index contributed by atoms with van der Waals surface area (Å²) in [6.07, 6.45) is 2.30. The minimum Gasteiger partial charge on any atom is -0.360 e. The first-order valence-electron chi connectivity index (χ1n) is 9.23. The van der Waals surface area contributed by atoms with Crippen LogP contribution in [0.3, 0.4) is 0 Å². The Bertz CT molecular complexity index is 1120. The van der Waals surface area contributed by atoms with Gasteiger partial charge in [-0.15, -0.1) is 0 Å². The first kappa shape index (κ1) is 21.0. The number of likely N-dealkylation sites (N-methyl/N-ethyl adjacent to an activating group) is 1. The molecule has 0 saturated heterocycles. The molecule has 29 heavy (non-hydrogen) atoms. The van der Waals surface area contributed by atoms with E-state index in [9.17, 15) is 18.5 Å². The highest BCUT2D eigenvalue weighted by molar-refractivity contribution is 7.89. The number of nitrogens with one attached hydrogen (secondary N) is 2. The maximum absolute atomic E-state index is 12.9. The predicted molar refractivity (Wildman–Crippen MR) is 112 cm³/mol. The van der Waals surface area contributed by atoms with Gasteiger partial charge in [-0.3, -0.25) is 10.1 Å². The summed E-state index contributed by atoms with van der Waals surface area (Å²) in [5.74, 6) is 0. The number of H-pyrrole nitrogens is 1. The van der Waals surface area contributed by atoms with Crippen LogP contribution in [0, 0.1) is 10.1 Å². The van der Waals surface area contributed by atoms with Crippen LogP contribution in [0.5, 0.6) is 0 Å². The van der Waals surface area contributed by atoms with Crippen LogP contribution in [-0.4, -0.2) is 43.9 Å². The highest BCUT2D eigenvalue weighted by Crippen LogP contribution is 2.27. The van der Waals surface area contributed by atoms with E-state index in [1.165, 1.54) is 30.0 Å². The molecule has 0 aliphatic carbocycles. The SMILES string of the molecule is CCc1ccc([C@@H](CNS(=O)(=O)c2c[nH]c3cc([N+](=O)[O-])ccc23)N(C)C)cc1. The highest BCUT2D eigenvalue weighted by Gasteiger charge is 2.23. The van der Waals surface area contributed by atoms with E-state index in [4.69, 9.17) is 0 Å². The summed E-state index contributed by atoms with van der Waals surface area (Å²) >= 11 is 0. The van der Waals surface area contributed by atoms with Crippen LogP contribution in [0.2, 0.25) is 0 Å². The van der Waals surface area contributed by atoms with Crippen LogP contribution in [0.15, 0.2) is 53.6 Å². The van der Waals surface area contributed by atoms with Crippen LogP contribution in [0.25, 0.3) is 10.9 Å². The average molecular weight is 417 g/mol. The van der Waals surface area contributed by atoms with Crippen molar-refractivity contribution in [2.45, 2.75) is 24.3 Å². The Balaban J connectivity index is 1.84. The summed E-state index contributed by atoms with van der Waals surface area (Å²) in [4.78, 5) is 15.2. The molecular formula is C20H24N4O4S. The highest BCUT2D eigenvalue weighted by atomic mass is 32.2. The molecule has 0 saturated carbocycles. The fourth-order valence-corrected chi connectivity index (χ4v) is 4.48. The van der Waals surface area contributed by atoms with Crippen LogP contribution in [0.1, 0.15) is 24.1 Å². The van der Waals surface area contributed by atoms with Crippen molar-refractivity contribution in [1.82, 2.24) is 14.6 Å². The lowest BCUT2D eigenvalue weighted by molar-refractivity contribution is -0.384. The number of nitro groups is 1. The zero-order chi connectivity index (χ0) is 21.2. The molecule has 3 aromatic rings. The topological polar surface area (TPSA) is 108 Å². The molecule has 154 valence electrons. The van der Waals surface area contributed by atoms with E-state index in [1.807, 2.05) is 43.3 Å². The van der Waals surface area contributed by atoms with Gasteiger partial charge in [-0.05, 0) is 37.7 Å². The number of nitrogens with zero attached hydrogens (tertiary/aromatic N) is 2. The maximum Gasteiger partial charge on any atom is 0.271 e. The maximum atomic E-state index is 12.9. The smallest absolute Gasteiger partial charge is 0.271 e. The molecule has 0 amide bonds. The Kier molecular flexibility index (Phi) is 6.02. The second kappa shape index (κ2) is 8.32. The van der Waals surface area contributed by atoms with Crippen molar-refractivity contribution < 1.29 is 13.3 Å². The number of hydrogen-bond donors (Lipinski definition) is 2. The van der Waals surface area contributed by atoms with Crippen molar-refractivity contribution in [2.75, 3.05) is 20.6 Å². The molecule has 3 rings (SSSR count). The molecule has 1 heterocycles. The standard InChI is InChI=1S/C20H24N4O4S/c1-4-14-5-7-15(8-6-14)19(23(2)3)12-22-29(27,28)20-13-21-18-11-16(24(25)26)9-10-17(18)20/h5-11,13,19,21-22H,4,12H2,1-3H3/t19-/m1/s1. The summed E-state index contributed by atoms with van der Waals surface area (Å²) in [5.41, 5.74) is 2.54. The second-order valence-corrected chi connectivity index (χ2v) is 8.80. The van der Waals surface area contributed by atoms with Gasteiger partial charge in [-0.25, -0.2) is 13.1 Å². The first-order chi connectivity index (χ1) is 13.7. The number of fused-ring (bicyclic) bond motifs is 1. The van der Waals surface area contributed by atoms with Crippen molar-refractivity contribution in [1.29, 1.82) is 0 Å². The van der Waals surface area contributed by atoms with Crippen molar-refractivity contribution in [3.63, 3.8) is 0 Å². The monoisotopic (exact) mass is 416 g/mol. The van der Waals surface area contributed by atoms with Gasteiger partial charge in [0.05, 0.1) is 10.4 Å². The molecule has 2 aromatic carbocycles. The fourth-order valence-electron chi connectivity index (χ4n) is 3.26. The minimum absolute atomic E-state index is 0.0706. The van der Waals surface area contributed by atoms with Crippen molar-refractivity contribution in [3.8, 4) is 0 Å². The minimum atomic E-state index is -3.80. The largest absolute Gasteiger partial charge is 0.360 e. The van der Waals surface area contributed by atoms with Gasteiger partial charge in [0.1, 0.15) is 4.90 Å². The molecule has 2 N–H and O–H groups in total. The predicted octanol–water partition coefficient (Wildman–Crippen LogP) is 3.22.